The quantitative estimate of drug-likeness (QED) is 0.477. The number of likely N-dealkylation sites (tertiary alicyclic amines) is 2. The van der Waals surface area contributed by atoms with Gasteiger partial charge in [0.15, 0.2) is 0 Å². The molecule has 0 aliphatic carbocycles. The maximum Gasteiger partial charge on any atom is 0.246 e. The van der Waals surface area contributed by atoms with E-state index in [-0.39, 0.29) is 23.8 Å². The molecule has 34 heavy (non-hydrogen) atoms. The topological polar surface area (TPSA) is 99.5 Å². The highest BCUT2D eigenvalue weighted by atomic mass is 16.2. The molecule has 2 fully saturated rings. The zero-order chi connectivity index (χ0) is 23.2. The number of nitrogens with zero attached hydrogens (tertiary/aromatic N) is 6. The van der Waals surface area contributed by atoms with Gasteiger partial charge in [-0.05, 0) is 55.2 Å². The summed E-state index contributed by atoms with van der Waals surface area (Å²) in [5, 5.41) is 9.67. The smallest absolute Gasteiger partial charge is 0.246 e. The van der Waals surface area contributed by atoms with Crippen LogP contribution in [-0.2, 0) is 9.59 Å². The molecule has 172 valence electrons. The molecule has 2 atom stereocenters. The average Bonchev–Trinajstić information content (AvgIpc) is 3.67. The number of aromatic nitrogens is 5. The molecule has 0 spiro atoms. The summed E-state index contributed by atoms with van der Waals surface area (Å²) in [6.45, 7) is 5.51. The number of nitrogens with one attached hydrogen (secondary N) is 1. The number of H-pyrrole nitrogens is 1. The molecule has 0 radical (unpaired) electrons. The van der Waals surface area contributed by atoms with E-state index in [2.05, 4.69) is 32.8 Å². The van der Waals surface area contributed by atoms with Crippen molar-refractivity contribution >= 4 is 28.4 Å². The number of amides is 2. The van der Waals surface area contributed by atoms with Crippen LogP contribution in [0.15, 0.2) is 55.5 Å². The molecule has 4 aromatic heterocycles. The fraction of sp³-hybridized carbons (Fsp3) is 0.320. The molecular weight excluding hydrogens is 430 g/mol. The molecule has 6 rings (SSSR count). The Morgan fingerprint density at radius 3 is 2.91 bits per heavy atom. The van der Waals surface area contributed by atoms with Gasteiger partial charge in [0.25, 0.3) is 0 Å². The number of aromatic amines is 1. The molecule has 0 saturated carbocycles. The SMILES string of the molecule is C=CC(=O)N1CCCC1C(=O)N1CCC(c2cc3c(-c4cnn5ncccc45)ccnc3[nH]2)C1. The van der Waals surface area contributed by atoms with Gasteiger partial charge in [0, 0.05) is 54.6 Å². The van der Waals surface area contributed by atoms with Crippen molar-refractivity contribution in [2.75, 3.05) is 19.6 Å². The van der Waals surface area contributed by atoms with Crippen molar-refractivity contribution in [3.05, 3.63) is 61.2 Å². The Hall–Kier alpha value is -4.01. The van der Waals surface area contributed by atoms with Gasteiger partial charge in [-0.3, -0.25) is 9.59 Å². The van der Waals surface area contributed by atoms with Gasteiger partial charge in [0.2, 0.25) is 11.8 Å². The minimum Gasteiger partial charge on any atom is -0.343 e. The third-order valence-corrected chi connectivity index (χ3v) is 7.08. The third-order valence-electron chi connectivity index (χ3n) is 7.08. The highest BCUT2D eigenvalue weighted by Crippen LogP contribution is 2.35. The van der Waals surface area contributed by atoms with Gasteiger partial charge in [0.1, 0.15) is 11.7 Å². The number of hydrogen-bond acceptors (Lipinski definition) is 5. The minimum atomic E-state index is -0.371. The zero-order valence-electron chi connectivity index (χ0n) is 18.7. The summed E-state index contributed by atoms with van der Waals surface area (Å²) in [6.07, 6.45) is 9.08. The van der Waals surface area contributed by atoms with Crippen molar-refractivity contribution in [1.82, 2.24) is 34.6 Å². The van der Waals surface area contributed by atoms with Gasteiger partial charge in [-0.15, -0.1) is 0 Å². The minimum absolute atomic E-state index is 0.0454. The zero-order valence-corrected chi connectivity index (χ0v) is 18.7. The molecule has 9 heteroatoms. The number of hydrogen-bond donors (Lipinski definition) is 1. The molecule has 2 unspecified atom stereocenters. The van der Waals surface area contributed by atoms with E-state index in [0.717, 1.165) is 46.2 Å². The molecule has 9 nitrogen and oxygen atoms in total. The fourth-order valence-electron chi connectivity index (χ4n) is 5.37. The Morgan fingerprint density at radius 1 is 1.12 bits per heavy atom. The molecule has 0 aromatic carbocycles. The van der Waals surface area contributed by atoms with Gasteiger partial charge in [-0.25, -0.2) is 4.98 Å². The molecular formula is C25H25N7O2. The number of pyridine rings is 1. The lowest BCUT2D eigenvalue weighted by Crippen LogP contribution is -2.46. The van der Waals surface area contributed by atoms with Crippen LogP contribution in [0.2, 0.25) is 0 Å². The standard InChI is InChI=1S/C25H25N7O2/c1-2-23(33)31-11-4-6-22(31)25(34)30-12-8-16(15-30)20-13-18-17(7-10-26-24(18)29-20)19-14-28-32-21(19)5-3-9-27-32/h2-3,5,7,9-10,13-14,16,22H,1,4,6,8,11-12,15H2,(H,26,29). The molecule has 4 aromatic rings. The van der Waals surface area contributed by atoms with Gasteiger partial charge < -0.3 is 14.8 Å². The van der Waals surface area contributed by atoms with Crippen LogP contribution < -0.4 is 0 Å². The van der Waals surface area contributed by atoms with Crippen molar-refractivity contribution in [2.24, 2.45) is 0 Å². The summed E-state index contributed by atoms with van der Waals surface area (Å²) in [4.78, 5) is 37.0. The van der Waals surface area contributed by atoms with E-state index in [9.17, 15) is 9.59 Å². The van der Waals surface area contributed by atoms with Gasteiger partial charge in [-0.1, -0.05) is 6.58 Å². The summed E-state index contributed by atoms with van der Waals surface area (Å²) in [6, 6.07) is 7.68. The highest BCUT2D eigenvalue weighted by molar-refractivity contribution is 5.98. The Bertz CT molecular complexity index is 1420. The van der Waals surface area contributed by atoms with E-state index in [4.69, 9.17) is 0 Å². The molecule has 2 aliphatic heterocycles. The van der Waals surface area contributed by atoms with Gasteiger partial charge in [0.05, 0.1) is 11.7 Å². The Morgan fingerprint density at radius 2 is 2.03 bits per heavy atom. The second-order valence-electron chi connectivity index (χ2n) is 8.97. The van der Waals surface area contributed by atoms with Crippen LogP contribution in [0.5, 0.6) is 0 Å². The lowest BCUT2D eigenvalue weighted by Gasteiger charge is -2.27. The second kappa shape index (κ2) is 8.09. The van der Waals surface area contributed by atoms with Crippen molar-refractivity contribution in [2.45, 2.75) is 31.2 Å². The molecule has 1 N–H and O–H groups in total. The first-order chi connectivity index (χ1) is 16.6. The Balaban J connectivity index is 1.26. The Kier molecular flexibility index (Phi) is 4.90. The number of rotatable bonds is 4. The second-order valence-corrected chi connectivity index (χ2v) is 8.97. The lowest BCUT2D eigenvalue weighted by atomic mass is 10.0. The first-order valence-corrected chi connectivity index (χ1v) is 11.6. The highest BCUT2D eigenvalue weighted by Gasteiger charge is 2.38. The summed E-state index contributed by atoms with van der Waals surface area (Å²) in [5.41, 5.74) is 4.88. The van der Waals surface area contributed by atoms with E-state index in [1.807, 2.05) is 29.3 Å². The molecule has 6 heterocycles. The van der Waals surface area contributed by atoms with Crippen LogP contribution in [-0.4, -0.2) is 72.1 Å². The van der Waals surface area contributed by atoms with E-state index in [0.29, 0.717) is 26.1 Å². The van der Waals surface area contributed by atoms with Crippen LogP contribution in [0.25, 0.3) is 27.7 Å². The van der Waals surface area contributed by atoms with Gasteiger partial charge in [-0.2, -0.15) is 14.8 Å². The molecule has 2 amide bonds. The van der Waals surface area contributed by atoms with Crippen molar-refractivity contribution in [1.29, 1.82) is 0 Å². The Labute approximate surface area is 196 Å². The largest absolute Gasteiger partial charge is 0.343 e. The third kappa shape index (κ3) is 3.27. The van der Waals surface area contributed by atoms with Crippen LogP contribution in [0.3, 0.4) is 0 Å². The fourth-order valence-corrected chi connectivity index (χ4v) is 5.37. The van der Waals surface area contributed by atoms with Crippen molar-refractivity contribution in [3.8, 4) is 11.1 Å². The number of carbonyl (C=O) groups excluding carboxylic acids is 2. The van der Waals surface area contributed by atoms with Crippen molar-refractivity contribution < 1.29 is 9.59 Å². The predicted octanol–water partition coefficient (Wildman–Crippen LogP) is 2.77. The van der Waals surface area contributed by atoms with E-state index >= 15 is 0 Å². The van der Waals surface area contributed by atoms with Crippen LogP contribution in [0.1, 0.15) is 30.9 Å². The summed E-state index contributed by atoms with van der Waals surface area (Å²) >= 11 is 0. The molecule has 2 saturated heterocycles. The van der Waals surface area contributed by atoms with Crippen LogP contribution in [0, 0.1) is 0 Å². The van der Waals surface area contributed by atoms with E-state index in [1.165, 1.54) is 6.08 Å². The van der Waals surface area contributed by atoms with Crippen molar-refractivity contribution in [3.63, 3.8) is 0 Å². The number of carbonyl (C=O) groups is 2. The monoisotopic (exact) mass is 455 g/mol. The number of fused-ring (bicyclic) bond motifs is 2. The summed E-state index contributed by atoms with van der Waals surface area (Å²) < 4.78 is 1.62. The van der Waals surface area contributed by atoms with Crippen LogP contribution >= 0.6 is 0 Å². The van der Waals surface area contributed by atoms with Crippen LogP contribution in [0.4, 0.5) is 0 Å². The molecule has 2 aliphatic rings. The normalized spacial score (nSPS) is 20.5. The van der Waals surface area contributed by atoms with Gasteiger partial charge >= 0.3 is 0 Å². The molecule has 0 bridgehead atoms. The predicted molar refractivity (Wildman–Crippen MR) is 127 cm³/mol. The average molecular weight is 456 g/mol. The summed E-state index contributed by atoms with van der Waals surface area (Å²) in [7, 11) is 0. The summed E-state index contributed by atoms with van der Waals surface area (Å²) in [5.74, 6) is 0.0780. The first kappa shape index (κ1) is 20.6. The maximum absolute atomic E-state index is 13.2. The van der Waals surface area contributed by atoms with E-state index < -0.39 is 0 Å². The lowest BCUT2D eigenvalue weighted by molar-refractivity contribution is -0.140. The van der Waals surface area contributed by atoms with E-state index in [1.54, 1.807) is 21.9 Å². The first-order valence-electron chi connectivity index (χ1n) is 11.6. The maximum atomic E-state index is 13.2.